The Hall–Kier alpha value is -0.190. The van der Waals surface area contributed by atoms with E-state index in [0.717, 1.165) is 0 Å². The van der Waals surface area contributed by atoms with Crippen LogP contribution in [0.3, 0.4) is 0 Å². The van der Waals surface area contributed by atoms with Crippen molar-refractivity contribution in [1.82, 2.24) is 0 Å². The van der Waals surface area contributed by atoms with Crippen LogP contribution in [0.25, 0.3) is 0 Å². The van der Waals surface area contributed by atoms with Crippen molar-refractivity contribution in [2.45, 2.75) is 19.4 Å². The van der Waals surface area contributed by atoms with Crippen molar-refractivity contribution in [2.24, 2.45) is 5.73 Å². The van der Waals surface area contributed by atoms with Crippen LogP contribution in [0, 0.1) is 0 Å². The van der Waals surface area contributed by atoms with Crippen molar-refractivity contribution >= 4 is 17.2 Å². The highest BCUT2D eigenvalue weighted by atomic mass is 32.1. The molecule has 0 saturated carbocycles. The summed E-state index contributed by atoms with van der Waals surface area (Å²) in [5.74, 6) is 0. The van der Waals surface area contributed by atoms with Crippen LogP contribution in [-0.4, -0.2) is 31.4 Å². The normalized spacial score (nSPS) is 12.9. The molecule has 66 valence electrons. The summed E-state index contributed by atoms with van der Waals surface area (Å²) in [4.78, 5) is 0.495. The Morgan fingerprint density at radius 1 is 1.55 bits per heavy atom. The van der Waals surface area contributed by atoms with Crippen LogP contribution in [0.2, 0.25) is 0 Å². The molecule has 1 unspecified atom stereocenters. The number of ether oxygens (including phenoxy) is 2. The number of thiocarbonyl (C=S) groups is 1. The third-order valence-electron chi connectivity index (χ3n) is 1.18. The minimum absolute atomic E-state index is 0.0997. The van der Waals surface area contributed by atoms with Gasteiger partial charge in [0.25, 0.3) is 0 Å². The number of hydrogen-bond acceptors (Lipinski definition) is 3. The molecule has 0 aromatic rings. The third kappa shape index (κ3) is 7.71. The number of hydrogen-bond donors (Lipinski definition) is 1. The molecule has 1 atom stereocenters. The van der Waals surface area contributed by atoms with Gasteiger partial charge in [0.1, 0.15) is 0 Å². The van der Waals surface area contributed by atoms with Crippen molar-refractivity contribution in [3.8, 4) is 0 Å². The predicted octanol–water partition coefficient (Wildman–Crippen LogP) is 0.714. The van der Waals surface area contributed by atoms with E-state index in [2.05, 4.69) is 0 Å². The van der Waals surface area contributed by atoms with Crippen LogP contribution < -0.4 is 5.73 Å². The number of rotatable bonds is 6. The van der Waals surface area contributed by atoms with E-state index >= 15 is 0 Å². The van der Waals surface area contributed by atoms with E-state index in [1.54, 1.807) is 7.11 Å². The largest absolute Gasteiger partial charge is 0.393 e. The molecule has 0 aliphatic rings. The zero-order valence-corrected chi connectivity index (χ0v) is 7.82. The zero-order chi connectivity index (χ0) is 8.69. The second kappa shape index (κ2) is 6.52. The van der Waals surface area contributed by atoms with Crippen LogP contribution in [0.1, 0.15) is 13.3 Å². The fourth-order valence-corrected chi connectivity index (χ4v) is 0.910. The predicted molar refractivity (Wildman–Crippen MR) is 48.7 cm³/mol. The fraction of sp³-hybridized carbons (Fsp3) is 0.857. The first-order valence-corrected chi connectivity index (χ1v) is 3.96. The summed E-state index contributed by atoms with van der Waals surface area (Å²) in [7, 11) is 1.64. The van der Waals surface area contributed by atoms with Gasteiger partial charge >= 0.3 is 0 Å². The molecule has 0 fully saturated rings. The molecule has 2 N–H and O–H groups in total. The summed E-state index contributed by atoms with van der Waals surface area (Å²) < 4.78 is 10.1. The van der Waals surface area contributed by atoms with E-state index in [0.29, 0.717) is 24.6 Å². The van der Waals surface area contributed by atoms with E-state index in [-0.39, 0.29) is 6.10 Å². The van der Waals surface area contributed by atoms with Crippen LogP contribution >= 0.6 is 12.2 Å². The summed E-state index contributed by atoms with van der Waals surface area (Å²) in [6, 6.07) is 0. The summed E-state index contributed by atoms with van der Waals surface area (Å²) >= 11 is 4.72. The molecule has 0 amide bonds. The van der Waals surface area contributed by atoms with Gasteiger partial charge in [0, 0.05) is 13.5 Å². The lowest BCUT2D eigenvalue weighted by Gasteiger charge is -2.10. The first-order valence-electron chi connectivity index (χ1n) is 3.55. The second-order valence-corrected chi connectivity index (χ2v) is 2.87. The molecule has 0 bridgehead atoms. The summed E-state index contributed by atoms with van der Waals surface area (Å²) in [5, 5.41) is 0. The standard InChI is InChI=1S/C7H15NO2S/c1-6(5-7(8)11)10-4-3-9-2/h6H,3-5H2,1-2H3,(H2,8,11). The molecular formula is C7H15NO2S. The molecule has 0 heterocycles. The van der Waals surface area contributed by atoms with Gasteiger partial charge in [-0.2, -0.15) is 0 Å². The van der Waals surface area contributed by atoms with Gasteiger partial charge in [0.05, 0.1) is 24.3 Å². The summed E-state index contributed by atoms with van der Waals surface area (Å²) in [6.45, 7) is 3.15. The molecule has 0 saturated heterocycles. The van der Waals surface area contributed by atoms with Crippen LogP contribution in [-0.2, 0) is 9.47 Å². The monoisotopic (exact) mass is 177 g/mol. The minimum atomic E-state index is 0.0997. The number of nitrogens with two attached hydrogens (primary N) is 1. The van der Waals surface area contributed by atoms with E-state index in [1.807, 2.05) is 6.92 Å². The Kier molecular flexibility index (Phi) is 6.40. The molecule has 0 radical (unpaired) electrons. The molecule has 4 heteroatoms. The average Bonchev–Trinajstić information content (AvgIpc) is 1.86. The van der Waals surface area contributed by atoms with E-state index in [9.17, 15) is 0 Å². The molecular weight excluding hydrogens is 162 g/mol. The van der Waals surface area contributed by atoms with Gasteiger partial charge in [-0.3, -0.25) is 0 Å². The fourth-order valence-electron chi connectivity index (χ4n) is 0.675. The highest BCUT2D eigenvalue weighted by Gasteiger charge is 2.02. The highest BCUT2D eigenvalue weighted by molar-refractivity contribution is 7.80. The third-order valence-corrected chi connectivity index (χ3v) is 1.35. The van der Waals surface area contributed by atoms with Crippen LogP contribution in [0.5, 0.6) is 0 Å². The SMILES string of the molecule is COCCOC(C)CC(N)=S. The Labute approximate surface area is 72.9 Å². The molecule has 0 aliphatic carbocycles. The molecule has 0 aliphatic heterocycles. The Morgan fingerprint density at radius 2 is 2.18 bits per heavy atom. The average molecular weight is 177 g/mol. The van der Waals surface area contributed by atoms with Gasteiger partial charge in [-0.05, 0) is 6.92 Å². The van der Waals surface area contributed by atoms with Crippen LogP contribution in [0.15, 0.2) is 0 Å². The van der Waals surface area contributed by atoms with Gasteiger partial charge < -0.3 is 15.2 Å². The van der Waals surface area contributed by atoms with E-state index < -0.39 is 0 Å². The quantitative estimate of drug-likeness (QED) is 0.479. The Bertz CT molecular complexity index is 119. The maximum Gasteiger partial charge on any atom is 0.0753 e. The molecule has 0 rings (SSSR count). The summed E-state index contributed by atoms with van der Waals surface area (Å²) in [6.07, 6.45) is 0.738. The van der Waals surface area contributed by atoms with Crippen molar-refractivity contribution in [3.63, 3.8) is 0 Å². The Balaban J connectivity index is 3.22. The second-order valence-electron chi connectivity index (χ2n) is 2.34. The van der Waals surface area contributed by atoms with Gasteiger partial charge in [-0.25, -0.2) is 0 Å². The number of methoxy groups -OCH3 is 1. The maximum absolute atomic E-state index is 5.32. The van der Waals surface area contributed by atoms with E-state index in [4.69, 9.17) is 27.4 Å². The molecule has 0 aromatic carbocycles. The van der Waals surface area contributed by atoms with Gasteiger partial charge in [-0.15, -0.1) is 0 Å². The molecule has 0 aromatic heterocycles. The lowest BCUT2D eigenvalue weighted by Crippen LogP contribution is -2.20. The zero-order valence-electron chi connectivity index (χ0n) is 7.00. The first-order chi connectivity index (χ1) is 5.16. The lowest BCUT2D eigenvalue weighted by molar-refractivity contribution is 0.0300. The van der Waals surface area contributed by atoms with Crippen molar-refractivity contribution < 1.29 is 9.47 Å². The molecule has 3 nitrogen and oxygen atoms in total. The smallest absolute Gasteiger partial charge is 0.0753 e. The van der Waals surface area contributed by atoms with Gasteiger partial charge in [0.2, 0.25) is 0 Å². The minimum Gasteiger partial charge on any atom is -0.393 e. The first kappa shape index (κ1) is 10.8. The lowest BCUT2D eigenvalue weighted by atomic mass is 10.3. The maximum atomic E-state index is 5.32. The van der Waals surface area contributed by atoms with Crippen LogP contribution in [0.4, 0.5) is 0 Å². The van der Waals surface area contributed by atoms with Crippen molar-refractivity contribution in [2.75, 3.05) is 20.3 Å². The molecule has 11 heavy (non-hydrogen) atoms. The van der Waals surface area contributed by atoms with E-state index in [1.165, 1.54) is 0 Å². The van der Waals surface area contributed by atoms with Gasteiger partial charge in [0.15, 0.2) is 0 Å². The topological polar surface area (TPSA) is 44.5 Å². The Morgan fingerprint density at radius 3 is 2.64 bits per heavy atom. The van der Waals surface area contributed by atoms with Crippen molar-refractivity contribution in [3.05, 3.63) is 0 Å². The highest BCUT2D eigenvalue weighted by Crippen LogP contribution is 1.96. The summed E-state index contributed by atoms with van der Waals surface area (Å²) in [5.41, 5.74) is 5.32. The molecule has 0 spiro atoms. The van der Waals surface area contributed by atoms with Crippen molar-refractivity contribution in [1.29, 1.82) is 0 Å². The van der Waals surface area contributed by atoms with Gasteiger partial charge in [-0.1, -0.05) is 12.2 Å².